The highest BCUT2D eigenvalue weighted by Crippen LogP contribution is 2.30. The number of urea groups is 1. The van der Waals surface area contributed by atoms with E-state index in [2.05, 4.69) is 15.3 Å². The Morgan fingerprint density at radius 3 is 2.47 bits per heavy atom. The molecule has 0 aliphatic carbocycles. The Hall–Kier alpha value is -3.08. The van der Waals surface area contributed by atoms with E-state index < -0.39 is 26.3 Å². The first-order chi connectivity index (χ1) is 14.0. The number of carbonyl (C=O) groups is 1. The average molecular weight is 440 g/mol. The minimum absolute atomic E-state index is 0.173. The first kappa shape index (κ1) is 21.6. The van der Waals surface area contributed by atoms with Crippen molar-refractivity contribution in [1.29, 1.82) is 0 Å². The van der Waals surface area contributed by atoms with Gasteiger partial charge < -0.3 is 15.2 Å². The number of carbonyl (C=O) groups excluding carboxylic acids is 1. The van der Waals surface area contributed by atoms with E-state index in [1.165, 1.54) is 4.90 Å². The van der Waals surface area contributed by atoms with E-state index in [0.29, 0.717) is 5.65 Å². The molecule has 11 heteroatoms. The number of hydrogen-bond donors (Lipinski definition) is 2. The third kappa shape index (κ3) is 4.25. The number of nitrogens with zero attached hydrogens (tertiary/aromatic N) is 2. The van der Waals surface area contributed by atoms with Crippen molar-refractivity contribution in [3.8, 4) is 0 Å². The number of rotatable bonds is 5. The van der Waals surface area contributed by atoms with Crippen molar-refractivity contribution < 1.29 is 26.4 Å². The van der Waals surface area contributed by atoms with Crippen LogP contribution in [0.3, 0.4) is 0 Å². The van der Waals surface area contributed by atoms with Crippen LogP contribution in [-0.2, 0) is 16.4 Å². The van der Waals surface area contributed by atoms with E-state index in [1.54, 1.807) is 18.5 Å². The fourth-order valence-electron chi connectivity index (χ4n) is 2.86. The molecule has 2 heterocycles. The largest absolute Gasteiger partial charge is 0.501 e. The first-order valence-electron chi connectivity index (χ1n) is 8.90. The van der Waals surface area contributed by atoms with Gasteiger partial charge in [-0.15, -0.1) is 0 Å². The van der Waals surface area contributed by atoms with Crippen LogP contribution in [0.2, 0.25) is 0 Å². The predicted molar refractivity (Wildman–Crippen MR) is 105 cm³/mol. The van der Waals surface area contributed by atoms with Gasteiger partial charge in [0.25, 0.3) is 9.84 Å². The number of H-pyrrole nitrogens is 1. The topological polar surface area (TPSA) is 95.2 Å². The van der Waals surface area contributed by atoms with Gasteiger partial charge in [-0.1, -0.05) is 0 Å². The number of anilines is 1. The highest BCUT2D eigenvalue weighted by atomic mass is 32.2. The fourth-order valence-corrected chi connectivity index (χ4v) is 3.62. The van der Waals surface area contributed by atoms with Gasteiger partial charge in [-0.3, -0.25) is 0 Å². The molecule has 30 heavy (non-hydrogen) atoms. The van der Waals surface area contributed by atoms with Crippen LogP contribution in [0.4, 0.5) is 23.7 Å². The van der Waals surface area contributed by atoms with Gasteiger partial charge in [-0.25, -0.2) is 18.2 Å². The van der Waals surface area contributed by atoms with E-state index in [9.17, 15) is 26.4 Å². The Bertz CT molecular complexity index is 1160. The highest BCUT2D eigenvalue weighted by molar-refractivity contribution is 7.92. The molecule has 1 aromatic carbocycles. The molecule has 0 bridgehead atoms. The van der Waals surface area contributed by atoms with E-state index >= 15 is 0 Å². The van der Waals surface area contributed by atoms with E-state index in [1.807, 2.05) is 19.9 Å². The second-order valence-electron chi connectivity index (χ2n) is 6.84. The summed E-state index contributed by atoms with van der Waals surface area (Å²) >= 11 is 0. The van der Waals surface area contributed by atoms with Crippen molar-refractivity contribution in [2.24, 2.45) is 0 Å². The van der Waals surface area contributed by atoms with Gasteiger partial charge in [0, 0.05) is 36.1 Å². The molecule has 0 spiro atoms. The quantitative estimate of drug-likeness (QED) is 0.619. The molecule has 3 rings (SSSR count). The molecular formula is C19H19F3N4O3S. The summed E-state index contributed by atoms with van der Waals surface area (Å²) in [5, 5.41) is 3.46. The molecule has 0 aliphatic heterocycles. The van der Waals surface area contributed by atoms with Crippen LogP contribution in [0.5, 0.6) is 0 Å². The monoisotopic (exact) mass is 440 g/mol. The highest BCUT2D eigenvalue weighted by Gasteiger charge is 2.46. The molecule has 0 radical (unpaired) electrons. The minimum Gasteiger partial charge on any atom is -0.346 e. The second-order valence-corrected chi connectivity index (χ2v) is 8.78. The van der Waals surface area contributed by atoms with Crippen LogP contribution < -0.4 is 5.32 Å². The Labute approximate surface area is 170 Å². The zero-order chi connectivity index (χ0) is 22.1. The number of nitrogens with one attached hydrogen (secondary N) is 2. The molecule has 0 fully saturated rings. The smallest absolute Gasteiger partial charge is 0.346 e. The molecule has 0 aliphatic rings. The Morgan fingerprint density at radius 1 is 1.20 bits per heavy atom. The average Bonchev–Trinajstić information content (AvgIpc) is 3.08. The van der Waals surface area contributed by atoms with Gasteiger partial charge in [0.2, 0.25) is 0 Å². The Balaban J connectivity index is 1.77. The summed E-state index contributed by atoms with van der Waals surface area (Å²) in [6.07, 6.45) is 3.41. The van der Waals surface area contributed by atoms with E-state index in [0.717, 1.165) is 35.2 Å². The number of hydrogen-bond acceptors (Lipinski definition) is 4. The molecule has 160 valence electrons. The maximum atomic E-state index is 12.7. The van der Waals surface area contributed by atoms with Crippen LogP contribution >= 0.6 is 0 Å². The summed E-state index contributed by atoms with van der Waals surface area (Å²) in [6.45, 7) is 3.92. The van der Waals surface area contributed by atoms with Crippen LogP contribution in [0, 0.1) is 0 Å². The molecule has 3 aromatic rings. The maximum Gasteiger partial charge on any atom is 0.501 e. The lowest BCUT2D eigenvalue weighted by Gasteiger charge is -2.27. The summed E-state index contributed by atoms with van der Waals surface area (Å²) < 4.78 is 60.8. The van der Waals surface area contributed by atoms with Gasteiger partial charge in [0.05, 0.1) is 4.90 Å². The number of aromatic amines is 1. The standard InChI is InChI=1S/C19H19F3N4O3S/c1-12(2)26(11-13-10-24-17-16(13)4-3-9-23-17)18(27)25-14-5-7-15(8-6-14)30(28,29)19(20,21)22/h3-10,12H,11H2,1-2H3,(H,23,24)(H,25,27). The van der Waals surface area contributed by atoms with E-state index in [-0.39, 0.29) is 18.3 Å². The van der Waals surface area contributed by atoms with Gasteiger partial charge in [-0.2, -0.15) is 13.2 Å². The van der Waals surface area contributed by atoms with Gasteiger partial charge in [0.15, 0.2) is 0 Å². The van der Waals surface area contributed by atoms with Gasteiger partial charge >= 0.3 is 11.5 Å². The van der Waals surface area contributed by atoms with Gasteiger partial charge in [-0.05, 0) is 55.8 Å². The second kappa shape index (κ2) is 7.98. The third-order valence-corrected chi connectivity index (χ3v) is 5.98. The van der Waals surface area contributed by atoms with Crippen LogP contribution in [0.15, 0.2) is 53.7 Å². The molecule has 2 amide bonds. The summed E-state index contributed by atoms with van der Waals surface area (Å²) in [6, 6.07) is 6.86. The predicted octanol–water partition coefficient (Wildman–Crippen LogP) is 4.30. The van der Waals surface area contributed by atoms with Crippen LogP contribution in [0.1, 0.15) is 19.4 Å². The van der Waals surface area contributed by atoms with Crippen molar-refractivity contribution in [2.75, 3.05) is 5.32 Å². The summed E-state index contributed by atoms with van der Waals surface area (Å²) in [4.78, 5) is 20.6. The van der Waals surface area contributed by atoms with Crippen molar-refractivity contribution in [3.05, 3.63) is 54.4 Å². The van der Waals surface area contributed by atoms with Crippen molar-refractivity contribution in [2.45, 2.75) is 36.8 Å². The number of fused-ring (bicyclic) bond motifs is 1. The minimum atomic E-state index is -5.44. The normalized spacial score (nSPS) is 12.3. The third-order valence-electron chi connectivity index (χ3n) is 4.48. The molecule has 0 saturated carbocycles. The lowest BCUT2D eigenvalue weighted by Crippen LogP contribution is -2.39. The molecule has 0 unspecified atom stereocenters. The molecular weight excluding hydrogens is 421 g/mol. The lowest BCUT2D eigenvalue weighted by molar-refractivity contribution is -0.0436. The summed E-state index contributed by atoms with van der Waals surface area (Å²) in [5.74, 6) is 0. The number of sulfone groups is 1. The number of aromatic nitrogens is 2. The Kier molecular flexibility index (Phi) is 5.75. The van der Waals surface area contributed by atoms with Crippen molar-refractivity contribution in [3.63, 3.8) is 0 Å². The number of benzene rings is 1. The van der Waals surface area contributed by atoms with Crippen molar-refractivity contribution >= 4 is 32.6 Å². The Morgan fingerprint density at radius 2 is 1.87 bits per heavy atom. The molecule has 2 aromatic heterocycles. The van der Waals surface area contributed by atoms with Gasteiger partial charge in [0.1, 0.15) is 5.65 Å². The maximum absolute atomic E-state index is 12.7. The van der Waals surface area contributed by atoms with Crippen molar-refractivity contribution in [1.82, 2.24) is 14.9 Å². The summed E-state index contributed by atoms with van der Waals surface area (Å²) in [5.41, 5.74) is -3.67. The fraction of sp³-hybridized carbons (Fsp3) is 0.263. The SMILES string of the molecule is CC(C)N(Cc1c[nH]c2ncccc12)C(=O)Nc1ccc(S(=O)(=O)C(F)(F)F)cc1. The number of amides is 2. The zero-order valence-corrected chi connectivity index (χ0v) is 16.9. The first-order valence-corrected chi connectivity index (χ1v) is 10.4. The number of alkyl halides is 3. The summed E-state index contributed by atoms with van der Waals surface area (Å²) in [7, 11) is -5.44. The molecule has 0 atom stereocenters. The lowest BCUT2D eigenvalue weighted by atomic mass is 10.2. The zero-order valence-electron chi connectivity index (χ0n) is 16.1. The number of pyridine rings is 1. The molecule has 0 saturated heterocycles. The van der Waals surface area contributed by atoms with E-state index in [4.69, 9.17) is 0 Å². The van der Waals surface area contributed by atoms with Crippen LogP contribution in [0.25, 0.3) is 11.0 Å². The number of halogens is 3. The molecule has 2 N–H and O–H groups in total. The van der Waals surface area contributed by atoms with Crippen LogP contribution in [-0.4, -0.2) is 40.9 Å². The molecule has 7 nitrogen and oxygen atoms in total.